The van der Waals surface area contributed by atoms with Gasteiger partial charge in [0, 0.05) is 25.1 Å². The highest BCUT2D eigenvalue weighted by Crippen LogP contribution is 2.28. The molecule has 6 nitrogen and oxygen atoms in total. The normalized spacial score (nSPS) is 15.7. The van der Waals surface area contributed by atoms with E-state index < -0.39 is 0 Å². The van der Waals surface area contributed by atoms with Gasteiger partial charge in [0.05, 0.1) is 5.69 Å². The third-order valence-electron chi connectivity index (χ3n) is 5.28. The molecule has 3 aromatic rings. The van der Waals surface area contributed by atoms with Crippen LogP contribution in [0.1, 0.15) is 23.1 Å². The van der Waals surface area contributed by atoms with Crippen LogP contribution in [-0.4, -0.2) is 43.0 Å². The predicted molar refractivity (Wildman–Crippen MR) is 126 cm³/mol. The number of hydrogen-bond acceptors (Lipinski definition) is 7. The van der Waals surface area contributed by atoms with Crippen molar-refractivity contribution in [1.29, 1.82) is 0 Å². The predicted octanol–water partition coefficient (Wildman–Crippen LogP) is 3.94. The summed E-state index contributed by atoms with van der Waals surface area (Å²) in [7, 11) is 0. The first-order valence-corrected chi connectivity index (χ1v) is 11.3. The standard InChI is InChI=1S/C19H18N4S.C4H10N2/c1-13-6-7-15-11-23(9-8-14(15)10-13)18-5-3-4-16(21-18)17-12-24-19(20-2)22-17;1-2-5-4-6-3-1/h3-7,10,12H,2,8-9,11H2,1H3;5-6H,1-4H2. The minimum absolute atomic E-state index is 0.680. The lowest BCUT2D eigenvalue weighted by Gasteiger charge is -2.30. The maximum Gasteiger partial charge on any atom is 0.209 e. The number of anilines is 1. The van der Waals surface area contributed by atoms with E-state index in [1.807, 2.05) is 17.5 Å². The van der Waals surface area contributed by atoms with Crippen molar-refractivity contribution in [2.24, 2.45) is 4.99 Å². The molecule has 7 heteroatoms. The molecule has 0 spiro atoms. The monoisotopic (exact) mass is 420 g/mol. The maximum atomic E-state index is 4.81. The number of fused-ring (bicyclic) bond motifs is 1. The number of thiazole rings is 1. The molecule has 2 aliphatic rings. The summed E-state index contributed by atoms with van der Waals surface area (Å²) < 4.78 is 0. The molecule has 156 valence electrons. The van der Waals surface area contributed by atoms with Crippen molar-refractivity contribution in [2.75, 3.05) is 31.2 Å². The van der Waals surface area contributed by atoms with Crippen LogP contribution in [0.5, 0.6) is 0 Å². The van der Waals surface area contributed by atoms with Crippen LogP contribution in [-0.2, 0) is 13.0 Å². The molecule has 0 saturated carbocycles. The number of aliphatic imine (C=N–C) groups is 1. The van der Waals surface area contributed by atoms with E-state index in [1.165, 1.54) is 47.5 Å². The van der Waals surface area contributed by atoms with Crippen LogP contribution in [0.2, 0.25) is 0 Å². The molecule has 30 heavy (non-hydrogen) atoms. The molecule has 0 aliphatic carbocycles. The molecular formula is C23H28N6S. The van der Waals surface area contributed by atoms with Gasteiger partial charge in [0.15, 0.2) is 0 Å². The van der Waals surface area contributed by atoms with Crippen molar-refractivity contribution >= 4 is 29.0 Å². The Morgan fingerprint density at radius 1 is 1.07 bits per heavy atom. The van der Waals surface area contributed by atoms with Gasteiger partial charge < -0.3 is 15.5 Å². The second kappa shape index (κ2) is 9.93. The van der Waals surface area contributed by atoms with Gasteiger partial charge in [-0.15, -0.1) is 11.3 Å². The Kier molecular flexibility index (Phi) is 6.84. The van der Waals surface area contributed by atoms with E-state index in [9.17, 15) is 0 Å². The van der Waals surface area contributed by atoms with Crippen molar-refractivity contribution in [1.82, 2.24) is 20.6 Å². The molecule has 2 aromatic heterocycles. The highest BCUT2D eigenvalue weighted by molar-refractivity contribution is 7.13. The van der Waals surface area contributed by atoms with Crippen molar-refractivity contribution in [2.45, 2.75) is 26.3 Å². The molecule has 1 aromatic carbocycles. The van der Waals surface area contributed by atoms with Gasteiger partial charge in [0.25, 0.3) is 0 Å². The first-order valence-electron chi connectivity index (χ1n) is 10.4. The van der Waals surface area contributed by atoms with E-state index >= 15 is 0 Å². The van der Waals surface area contributed by atoms with E-state index in [2.05, 4.69) is 63.4 Å². The van der Waals surface area contributed by atoms with Crippen molar-refractivity contribution in [3.63, 3.8) is 0 Å². The second-order valence-electron chi connectivity index (χ2n) is 7.53. The average molecular weight is 421 g/mol. The Morgan fingerprint density at radius 2 is 1.93 bits per heavy atom. The fourth-order valence-corrected chi connectivity index (χ4v) is 4.29. The summed E-state index contributed by atoms with van der Waals surface area (Å²) >= 11 is 1.48. The van der Waals surface area contributed by atoms with Crippen LogP contribution in [0, 0.1) is 6.92 Å². The highest BCUT2D eigenvalue weighted by atomic mass is 32.1. The first-order chi connectivity index (χ1) is 14.7. The molecule has 2 N–H and O–H groups in total. The van der Waals surface area contributed by atoms with E-state index in [4.69, 9.17) is 4.98 Å². The Morgan fingerprint density at radius 3 is 2.63 bits per heavy atom. The van der Waals surface area contributed by atoms with Gasteiger partial charge in [0.2, 0.25) is 5.13 Å². The second-order valence-corrected chi connectivity index (χ2v) is 8.37. The number of aromatic nitrogens is 2. The zero-order chi connectivity index (χ0) is 20.8. The lowest BCUT2D eigenvalue weighted by atomic mass is 9.98. The minimum atomic E-state index is 0.680. The molecule has 1 saturated heterocycles. The van der Waals surface area contributed by atoms with Crippen LogP contribution in [0.15, 0.2) is 46.8 Å². The van der Waals surface area contributed by atoms with Crippen LogP contribution in [0.3, 0.4) is 0 Å². The molecule has 0 unspecified atom stereocenters. The number of hydrogen-bond donors (Lipinski definition) is 2. The average Bonchev–Trinajstić information content (AvgIpc) is 3.30. The summed E-state index contributed by atoms with van der Waals surface area (Å²) in [6, 6.07) is 12.8. The number of pyridine rings is 1. The molecule has 1 fully saturated rings. The summed E-state index contributed by atoms with van der Waals surface area (Å²) in [6.45, 7) is 10.9. The fourth-order valence-electron chi connectivity index (χ4n) is 3.68. The van der Waals surface area contributed by atoms with Crippen LogP contribution < -0.4 is 15.5 Å². The molecule has 0 radical (unpaired) electrons. The lowest BCUT2D eigenvalue weighted by molar-refractivity contribution is 0.496. The Bertz CT molecular complexity index is 983. The Labute approximate surface area is 182 Å². The number of nitrogens with zero attached hydrogens (tertiary/aromatic N) is 4. The molecule has 2 aliphatic heterocycles. The quantitative estimate of drug-likeness (QED) is 0.629. The highest BCUT2D eigenvalue weighted by Gasteiger charge is 2.18. The summed E-state index contributed by atoms with van der Waals surface area (Å²) in [6.07, 6.45) is 2.34. The summed E-state index contributed by atoms with van der Waals surface area (Å²) in [5, 5.41) is 9.00. The van der Waals surface area contributed by atoms with E-state index in [0.717, 1.165) is 43.4 Å². The van der Waals surface area contributed by atoms with Crippen LogP contribution >= 0.6 is 11.3 Å². The summed E-state index contributed by atoms with van der Waals surface area (Å²) in [5.41, 5.74) is 5.93. The number of aryl methyl sites for hydroxylation is 1. The summed E-state index contributed by atoms with van der Waals surface area (Å²) in [4.78, 5) is 15.5. The van der Waals surface area contributed by atoms with Crippen LogP contribution in [0.4, 0.5) is 10.9 Å². The third kappa shape index (κ3) is 5.11. The van der Waals surface area contributed by atoms with Crippen LogP contribution in [0.25, 0.3) is 11.4 Å². The third-order valence-corrected chi connectivity index (χ3v) is 6.05. The van der Waals surface area contributed by atoms with Gasteiger partial charge >= 0.3 is 0 Å². The molecule has 0 bridgehead atoms. The van der Waals surface area contributed by atoms with E-state index in [0.29, 0.717) is 5.13 Å². The van der Waals surface area contributed by atoms with Gasteiger partial charge in [-0.2, -0.15) is 0 Å². The topological polar surface area (TPSA) is 65.4 Å². The molecule has 5 rings (SSSR count). The smallest absolute Gasteiger partial charge is 0.209 e. The van der Waals surface area contributed by atoms with Gasteiger partial charge in [-0.1, -0.05) is 29.8 Å². The molecule has 0 amide bonds. The van der Waals surface area contributed by atoms with Gasteiger partial charge in [-0.05, 0) is 62.8 Å². The van der Waals surface area contributed by atoms with Gasteiger partial charge in [0.1, 0.15) is 11.5 Å². The number of rotatable bonds is 3. The summed E-state index contributed by atoms with van der Waals surface area (Å²) in [5.74, 6) is 1.000. The zero-order valence-electron chi connectivity index (χ0n) is 17.4. The van der Waals surface area contributed by atoms with E-state index in [1.54, 1.807) is 0 Å². The van der Waals surface area contributed by atoms with Crippen molar-refractivity contribution in [3.05, 3.63) is 58.5 Å². The van der Waals surface area contributed by atoms with E-state index in [-0.39, 0.29) is 0 Å². The van der Waals surface area contributed by atoms with Crippen molar-refractivity contribution < 1.29 is 0 Å². The number of nitrogens with one attached hydrogen (secondary N) is 2. The molecule has 0 atom stereocenters. The first kappa shape index (κ1) is 20.7. The fraction of sp³-hybridized carbons (Fsp3) is 0.348. The van der Waals surface area contributed by atoms with Gasteiger partial charge in [-0.25, -0.2) is 15.0 Å². The minimum Gasteiger partial charge on any atom is -0.352 e. The molecule has 4 heterocycles. The maximum absolute atomic E-state index is 4.81. The van der Waals surface area contributed by atoms with Gasteiger partial charge in [-0.3, -0.25) is 0 Å². The number of benzene rings is 1. The molecular weight excluding hydrogens is 392 g/mol. The van der Waals surface area contributed by atoms with Crippen molar-refractivity contribution in [3.8, 4) is 11.4 Å². The largest absolute Gasteiger partial charge is 0.352 e. The Hall–Kier alpha value is -2.61. The lowest BCUT2D eigenvalue weighted by Crippen LogP contribution is -2.37. The zero-order valence-corrected chi connectivity index (χ0v) is 18.2. The SMILES string of the molecule is C1CNCNC1.C=Nc1nc(-c2cccc(N3CCc4cc(C)ccc4C3)n2)cs1. The Balaban J connectivity index is 0.000000313.